The summed E-state index contributed by atoms with van der Waals surface area (Å²) in [6, 6.07) is 115. The Morgan fingerprint density at radius 2 is 0.814 bits per heavy atom. The summed E-state index contributed by atoms with van der Waals surface area (Å²) in [6.07, 6.45) is 0. The van der Waals surface area contributed by atoms with Gasteiger partial charge < -0.3 is 14.4 Å². The Bertz CT molecular complexity index is 5750. The lowest BCUT2D eigenvalue weighted by Gasteiger charge is -2.45. The maximum Gasteiger partial charge on any atom is 0.252 e. The molecule has 0 amide bonds. The van der Waals surface area contributed by atoms with Crippen molar-refractivity contribution >= 4 is 79.0 Å². The highest BCUT2D eigenvalue weighted by Crippen LogP contribution is 2.53. The van der Waals surface area contributed by atoms with Crippen LogP contribution in [0.2, 0.25) is 0 Å². The van der Waals surface area contributed by atoms with Gasteiger partial charge in [0.1, 0.15) is 0 Å². The molecule has 0 bridgehead atoms. The lowest BCUT2D eigenvalue weighted by Crippen LogP contribution is -2.61. The highest BCUT2D eigenvalue weighted by atomic mass is 15.2. The third-order valence-electron chi connectivity index (χ3n) is 20.0. The lowest BCUT2D eigenvalue weighted by molar-refractivity contribution is 0.661. The molecule has 0 radical (unpaired) electrons. The molecule has 454 valence electrons. The summed E-state index contributed by atoms with van der Waals surface area (Å²) in [7, 11) is 0. The van der Waals surface area contributed by atoms with Crippen molar-refractivity contribution < 1.29 is 0 Å². The number of anilines is 6. The number of benzene rings is 13. The molecule has 2 aliphatic heterocycles. The number of hydrogen-bond donors (Lipinski definition) is 0. The van der Waals surface area contributed by atoms with Gasteiger partial charge in [-0.25, -0.2) is 24.9 Å². The van der Waals surface area contributed by atoms with E-state index in [1.807, 2.05) is 36.4 Å². The fourth-order valence-corrected chi connectivity index (χ4v) is 15.6. The predicted octanol–water partition coefficient (Wildman–Crippen LogP) is 19.8. The van der Waals surface area contributed by atoms with Crippen molar-refractivity contribution in [2.75, 3.05) is 9.80 Å². The SMILES string of the molecule is CC1(C)c2ccccc2-c2cc3c4ccccc4n(-c4ccc(-c5nc(-c6ccccc6)nc(-c6ccccc6)n5)cc4-c4nc(-c5ccccc5)cc(-c5cccc(-c6ccc7c8c6N(c6ccccc6)c6ccccc6B8c6ccccc6N7c6ccccc6)c5)n4)c3cc21. The van der Waals surface area contributed by atoms with E-state index >= 15 is 0 Å². The molecule has 1 aliphatic carbocycles. The molecule has 0 atom stereocenters. The van der Waals surface area contributed by atoms with E-state index < -0.39 is 0 Å². The van der Waals surface area contributed by atoms with E-state index in [0.29, 0.717) is 23.3 Å². The van der Waals surface area contributed by atoms with E-state index in [9.17, 15) is 0 Å². The van der Waals surface area contributed by atoms with Crippen molar-refractivity contribution in [3.8, 4) is 96.0 Å². The van der Waals surface area contributed by atoms with Crippen LogP contribution in [0.3, 0.4) is 0 Å². The summed E-state index contributed by atoms with van der Waals surface area (Å²) < 4.78 is 2.43. The zero-order valence-electron chi connectivity index (χ0n) is 53.3. The van der Waals surface area contributed by atoms with Crippen LogP contribution < -0.4 is 26.2 Å². The average molecular weight is 1240 g/mol. The first-order chi connectivity index (χ1) is 47.9. The second-order valence-corrected chi connectivity index (χ2v) is 25.9. The molecule has 16 aromatic rings. The number of para-hydroxylation sites is 5. The fourth-order valence-electron chi connectivity index (χ4n) is 15.6. The summed E-state index contributed by atoms with van der Waals surface area (Å²) in [5.41, 5.74) is 27.7. The van der Waals surface area contributed by atoms with Crippen LogP contribution >= 0.6 is 0 Å². The minimum Gasteiger partial charge on any atom is -0.311 e. The molecule has 0 saturated carbocycles. The van der Waals surface area contributed by atoms with Crippen LogP contribution in [0.15, 0.2) is 322 Å². The summed E-state index contributed by atoms with van der Waals surface area (Å²) >= 11 is 0. The molecular formula is C88H59BN8. The molecule has 8 nitrogen and oxygen atoms in total. The van der Waals surface area contributed by atoms with Gasteiger partial charge in [-0.3, -0.25) is 0 Å². The van der Waals surface area contributed by atoms with Crippen LogP contribution in [0, 0.1) is 0 Å². The van der Waals surface area contributed by atoms with E-state index in [-0.39, 0.29) is 12.1 Å². The summed E-state index contributed by atoms with van der Waals surface area (Å²) in [4.78, 5) is 32.2. The van der Waals surface area contributed by atoms with Gasteiger partial charge in [0.15, 0.2) is 23.3 Å². The van der Waals surface area contributed by atoms with Gasteiger partial charge >= 0.3 is 0 Å². The van der Waals surface area contributed by atoms with Crippen LogP contribution in [-0.4, -0.2) is 36.2 Å². The molecule has 0 saturated heterocycles. The Hall–Kier alpha value is -12.6. The van der Waals surface area contributed by atoms with Gasteiger partial charge in [-0.1, -0.05) is 244 Å². The zero-order valence-corrected chi connectivity index (χ0v) is 53.3. The van der Waals surface area contributed by atoms with E-state index in [0.717, 1.165) is 106 Å². The Morgan fingerprint density at radius 1 is 0.289 bits per heavy atom. The Kier molecular flexibility index (Phi) is 12.9. The van der Waals surface area contributed by atoms with Crippen molar-refractivity contribution in [1.29, 1.82) is 0 Å². The van der Waals surface area contributed by atoms with Crippen LogP contribution in [0.4, 0.5) is 34.1 Å². The Morgan fingerprint density at radius 3 is 1.49 bits per heavy atom. The molecule has 0 N–H and O–H groups in total. The van der Waals surface area contributed by atoms with Crippen LogP contribution in [-0.2, 0) is 5.41 Å². The third kappa shape index (κ3) is 9.03. The largest absolute Gasteiger partial charge is 0.311 e. The van der Waals surface area contributed by atoms with Crippen molar-refractivity contribution in [3.05, 3.63) is 333 Å². The monoisotopic (exact) mass is 1240 g/mol. The molecule has 19 rings (SSSR count). The highest BCUT2D eigenvalue weighted by Gasteiger charge is 2.44. The quantitative estimate of drug-likeness (QED) is 0.126. The number of aromatic nitrogens is 6. The third-order valence-corrected chi connectivity index (χ3v) is 20.0. The summed E-state index contributed by atoms with van der Waals surface area (Å²) in [5.74, 6) is 2.25. The zero-order chi connectivity index (χ0) is 64.3. The van der Waals surface area contributed by atoms with E-state index in [1.165, 1.54) is 49.7 Å². The molecule has 3 aliphatic rings. The highest BCUT2D eigenvalue weighted by molar-refractivity contribution is 7.00. The molecule has 0 fully saturated rings. The van der Waals surface area contributed by atoms with E-state index in [4.69, 9.17) is 24.9 Å². The normalized spacial score (nSPS) is 13.1. The van der Waals surface area contributed by atoms with Crippen LogP contribution in [0.25, 0.3) is 118 Å². The van der Waals surface area contributed by atoms with Crippen molar-refractivity contribution in [3.63, 3.8) is 0 Å². The average Bonchev–Trinajstić information content (AvgIpc) is 0.830. The second-order valence-electron chi connectivity index (χ2n) is 25.9. The number of nitrogens with zero attached hydrogens (tertiary/aromatic N) is 8. The Balaban J connectivity index is 0.854. The maximum absolute atomic E-state index is 5.84. The first-order valence-electron chi connectivity index (χ1n) is 33.2. The van der Waals surface area contributed by atoms with Gasteiger partial charge in [-0.05, 0) is 135 Å². The van der Waals surface area contributed by atoms with Gasteiger partial charge in [0, 0.05) is 83.6 Å². The Labute approximate surface area is 562 Å². The fraction of sp³-hybridized carbons (Fsp3) is 0.0341. The molecule has 3 aromatic heterocycles. The number of hydrogen-bond acceptors (Lipinski definition) is 7. The number of rotatable bonds is 10. The number of fused-ring (bicyclic) bond motifs is 10. The van der Waals surface area contributed by atoms with Gasteiger partial charge in [-0.2, -0.15) is 0 Å². The van der Waals surface area contributed by atoms with Crippen molar-refractivity contribution in [2.45, 2.75) is 19.3 Å². The second kappa shape index (κ2) is 22.3. The standard InChI is InChI=1S/C88H59BN8/c1-88(2)70-41-20-18-39-65(70)67-53-68-66-40-19-23-44-76(66)97(81(68)54-71(67)88)77-49-47-61(86-93-84(57-29-10-4-11-30-57)92-85(94-86)58-31-12-5-13-32-58)52-69(77)87-90-74(56-27-8-3-9-28-56)55-75(91-87)60-34-26-33-59(51-60)64-48-50-80-82-83(64)96(63-37-16-7-17-38-63)79-46-25-22-43-73(79)89(82)72-42-21-24-45-78(72)95(80)62-35-14-6-15-36-62/h3-55H,1-2H3. The summed E-state index contributed by atoms with van der Waals surface area (Å²) in [5, 5.41) is 2.33. The van der Waals surface area contributed by atoms with Gasteiger partial charge in [-0.15, -0.1) is 0 Å². The van der Waals surface area contributed by atoms with Gasteiger partial charge in [0.05, 0.1) is 33.8 Å². The topological polar surface area (TPSA) is 75.9 Å². The van der Waals surface area contributed by atoms with E-state index in [1.54, 1.807) is 0 Å². The molecular weight excluding hydrogens is 1180 g/mol. The van der Waals surface area contributed by atoms with Crippen LogP contribution in [0.1, 0.15) is 25.0 Å². The molecule has 13 aromatic carbocycles. The minimum absolute atomic E-state index is 0.0473. The smallest absolute Gasteiger partial charge is 0.252 e. The van der Waals surface area contributed by atoms with Crippen molar-refractivity contribution in [2.24, 2.45) is 0 Å². The summed E-state index contributed by atoms with van der Waals surface area (Å²) in [6.45, 7) is 4.66. The van der Waals surface area contributed by atoms with Gasteiger partial charge in [0.2, 0.25) is 0 Å². The molecule has 9 heteroatoms. The van der Waals surface area contributed by atoms with Crippen molar-refractivity contribution in [1.82, 2.24) is 29.5 Å². The predicted molar refractivity (Wildman–Crippen MR) is 399 cm³/mol. The first-order valence-corrected chi connectivity index (χ1v) is 33.2. The minimum atomic E-state index is -0.243. The molecule has 5 heterocycles. The molecule has 97 heavy (non-hydrogen) atoms. The lowest BCUT2D eigenvalue weighted by atomic mass is 9.33. The first kappa shape index (κ1) is 56.0. The van der Waals surface area contributed by atoms with Crippen LogP contribution in [0.5, 0.6) is 0 Å². The molecule has 0 spiro atoms. The maximum atomic E-state index is 5.84. The molecule has 0 unspecified atom stereocenters. The van der Waals surface area contributed by atoms with Gasteiger partial charge in [0.25, 0.3) is 6.71 Å². The van der Waals surface area contributed by atoms with E-state index in [2.05, 4.69) is 313 Å².